The fourth-order valence-electron chi connectivity index (χ4n) is 8.44. The second-order valence-electron chi connectivity index (χ2n) is 20.2. The van der Waals surface area contributed by atoms with E-state index in [1.165, 1.54) is 141 Å². The smallest absolute Gasteiger partial charge is 0.462 e. The molecular weight excluding hydrogens is 954 g/mol. The Morgan fingerprint density at radius 2 is 0.733 bits per heavy atom. The van der Waals surface area contributed by atoms with Crippen molar-refractivity contribution in [1.82, 2.24) is 0 Å². The van der Waals surface area contributed by atoms with Gasteiger partial charge >= 0.3 is 19.8 Å². The summed E-state index contributed by atoms with van der Waals surface area (Å²) >= 11 is 0. The van der Waals surface area contributed by atoms with Crippen LogP contribution in [0, 0.1) is 0 Å². The van der Waals surface area contributed by atoms with Crippen LogP contribution >= 0.6 is 7.82 Å². The summed E-state index contributed by atoms with van der Waals surface area (Å²) in [7, 11) is -4.40. The Morgan fingerprint density at radius 3 is 1.09 bits per heavy atom. The molecule has 0 saturated carbocycles. The second-order valence-corrected chi connectivity index (χ2v) is 21.6. The van der Waals surface area contributed by atoms with Crippen molar-refractivity contribution >= 4 is 19.8 Å². The number of phosphoric acid groups is 1. The Labute approximate surface area is 461 Å². The summed E-state index contributed by atoms with van der Waals surface area (Å²) in [5.41, 5.74) is 5.39. The molecule has 0 aromatic heterocycles. The standard InChI is InChI=1S/C65H114NO8P/c1-3-5-7-9-11-13-15-17-19-21-23-25-27-28-29-30-31-32-33-34-36-38-40-42-44-46-48-50-52-54-56-58-65(68)74-63(62-73-75(69,70)72-60-59-66)61-71-64(67)57-55-53-51-49-47-45-43-41-39-37-35-26-24-22-20-18-16-14-12-10-8-6-4-2/h5,7,11,13,16-19,22-25,28-29,35,37,63H,3-4,6,8-10,12,14-15,20-21,26-27,30-34,36,38-62,66H2,1-2H3,(H,69,70)/b7-5-,13-11-,18-16-,19-17-,24-22-,25-23-,29-28-,37-35-. The molecule has 0 aliphatic heterocycles. The molecule has 0 aliphatic rings. The van der Waals surface area contributed by atoms with E-state index in [1.54, 1.807) is 0 Å². The number of nitrogens with two attached hydrogens (primary N) is 1. The summed E-state index contributed by atoms with van der Waals surface area (Å²) in [6.45, 7) is 3.63. The highest BCUT2D eigenvalue weighted by Gasteiger charge is 2.26. The maximum absolute atomic E-state index is 12.7. The minimum absolute atomic E-state index is 0.0489. The monoisotopic (exact) mass is 1070 g/mol. The molecular formula is C65H114NO8P. The Morgan fingerprint density at radius 1 is 0.413 bits per heavy atom. The number of carbonyl (C=O) groups excluding carboxylic acids is 2. The summed E-state index contributed by atoms with van der Waals surface area (Å²) in [5.74, 6) is -0.833. The number of carbonyl (C=O) groups is 2. The van der Waals surface area contributed by atoms with E-state index < -0.39 is 26.5 Å². The van der Waals surface area contributed by atoms with Crippen LogP contribution in [0.1, 0.15) is 271 Å². The zero-order chi connectivity index (χ0) is 54.5. The topological polar surface area (TPSA) is 134 Å². The number of esters is 2. The van der Waals surface area contributed by atoms with Crippen LogP contribution in [0.2, 0.25) is 0 Å². The summed E-state index contributed by atoms with van der Waals surface area (Å²) in [6.07, 6.45) is 80.4. The molecule has 0 aromatic rings. The quantitative estimate of drug-likeness (QED) is 0.0264. The van der Waals surface area contributed by atoms with Gasteiger partial charge < -0.3 is 20.1 Å². The number of allylic oxidation sites excluding steroid dienone is 16. The fourth-order valence-corrected chi connectivity index (χ4v) is 9.20. The first-order valence-corrected chi connectivity index (χ1v) is 32.2. The van der Waals surface area contributed by atoms with E-state index in [2.05, 4.69) is 111 Å². The van der Waals surface area contributed by atoms with Gasteiger partial charge in [-0.15, -0.1) is 0 Å². The van der Waals surface area contributed by atoms with Crippen molar-refractivity contribution in [3.63, 3.8) is 0 Å². The highest BCUT2D eigenvalue weighted by Crippen LogP contribution is 2.43. The molecule has 0 spiro atoms. The third-order valence-electron chi connectivity index (χ3n) is 13.0. The van der Waals surface area contributed by atoms with Crippen molar-refractivity contribution in [3.05, 3.63) is 97.2 Å². The lowest BCUT2D eigenvalue weighted by Gasteiger charge is -2.19. The van der Waals surface area contributed by atoms with Gasteiger partial charge in [-0.2, -0.15) is 0 Å². The Bertz CT molecular complexity index is 1550. The molecule has 2 atom stereocenters. The van der Waals surface area contributed by atoms with Crippen molar-refractivity contribution in [2.24, 2.45) is 5.73 Å². The average molecular weight is 1070 g/mol. The number of hydrogen-bond acceptors (Lipinski definition) is 8. The molecule has 0 aromatic carbocycles. The molecule has 9 nitrogen and oxygen atoms in total. The molecule has 0 radical (unpaired) electrons. The first-order valence-electron chi connectivity index (χ1n) is 30.7. The van der Waals surface area contributed by atoms with Gasteiger partial charge in [-0.05, 0) is 96.3 Å². The molecule has 2 unspecified atom stereocenters. The fraction of sp³-hybridized carbons (Fsp3) is 0.723. The van der Waals surface area contributed by atoms with Crippen molar-refractivity contribution in [2.75, 3.05) is 26.4 Å². The summed E-state index contributed by atoms with van der Waals surface area (Å²) < 4.78 is 33.1. The van der Waals surface area contributed by atoms with Crippen molar-refractivity contribution in [2.45, 2.75) is 277 Å². The van der Waals surface area contributed by atoms with Gasteiger partial charge in [0.25, 0.3) is 0 Å². The highest BCUT2D eigenvalue weighted by molar-refractivity contribution is 7.47. The third kappa shape index (κ3) is 60.0. The SMILES string of the molecule is CC/C=C\C/C=C\C/C=C\C/C=C\C/C=C\CCCCCCCCCCCCCCCCCC(=O)OC(COC(=O)CCCCCCCCCC/C=C\C/C=C\C/C=C\CCCCCCC)COP(=O)(O)OCCN. The van der Waals surface area contributed by atoms with Gasteiger partial charge in [-0.3, -0.25) is 18.6 Å². The van der Waals surface area contributed by atoms with Crippen LogP contribution in [-0.2, 0) is 32.7 Å². The molecule has 10 heteroatoms. The average Bonchev–Trinajstić information content (AvgIpc) is 3.40. The molecule has 0 heterocycles. The predicted octanol–water partition coefficient (Wildman–Crippen LogP) is 19.6. The van der Waals surface area contributed by atoms with Crippen molar-refractivity contribution in [1.29, 1.82) is 0 Å². The van der Waals surface area contributed by atoms with Crippen molar-refractivity contribution < 1.29 is 37.6 Å². The number of ether oxygens (including phenoxy) is 2. The molecule has 3 N–H and O–H groups in total. The number of rotatable bonds is 57. The van der Waals surface area contributed by atoms with Crippen LogP contribution in [0.5, 0.6) is 0 Å². The van der Waals surface area contributed by atoms with E-state index in [4.69, 9.17) is 24.3 Å². The van der Waals surface area contributed by atoms with Crippen LogP contribution in [-0.4, -0.2) is 49.3 Å². The molecule has 0 rings (SSSR count). The Hall–Kier alpha value is -3.07. The van der Waals surface area contributed by atoms with Crippen LogP contribution in [0.15, 0.2) is 97.2 Å². The molecule has 0 amide bonds. The second kappa shape index (κ2) is 60.2. The molecule has 432 valence electrons. The van der Waals surface area contributed by atoms with Gasteiger partial charge in [0.1, 0.15) is 6.61 Å². The van der Waals surface area contributed by atoms with Gasteiger partial charge in [0.15, 0.2) is 6.10 Å². The zero-order valence-corrected chi connectivity index (χ0v) is 49.2. The normalized spacial score (nSPS) is 13.7. The highest BCUT2D eigenvalue weighted by atomic mass is 31.2. The summed E-state index contributed by atoms with van der Waals surface area (Å²) in [4.78, 5) is 35.2. The van der Waals surface area contributed by atoms with E-state index in [0.717, 1.165) is 96.3 Å². The van der Waals surface area contributed by atoms with Gasteiger partial charge in [0, 0.05) is 19.4 Å². The lowest BCUT2D eigenvalue weighted by Crippen LogP contribution is -2.29. The largest absolute Gasteiger partial charge is 0.472 e. The number of phosphoric ester groups is 1. The van der Waals surface area contributed by atoms with Crippen LogP contribution in [0.4, 0.5) is 0 Å². The molecule has 0 aliphatic carbocycles. The van der Waals surface area contributed by atoms with Gasteiger partial charge in [0.2, 0.25) is 0 Å². The molecule has 75 heavy (non-hydrogen) atoms. The van der Waals surface area contributed by atoms with E-state index in [-0.39, 0.29) is 38.6 Å². The van der Waals surface area contributed by atoms with E-state index in [1.807, 2.05) is 0 Å². The lowest BCUT2D eigenvalue weighted by atomic mass is 10.0. The van der Waals surface area contributed by atoms with E-state index in [0.29, 0.717) is 6.42 Å². The zero-order valence-electron chi connectivity index (χ0n) is 48.3. The van der Waals surface area contributed by atoms with E-state index >= 15 is 0 Å². The minimum atomic E-state index is -4.40. The Kier molecular flexibility index (Phi) is 57.7. The van der Waals surface area contributed by atoms with E-state index in [9.17, 15) is 19.0 Å². The summed E-state index contributed by atoms with van der Waals surface area (Å²) in [6, 6.07) is 0. The van der Waals surface area contributed by atoms with Crippen LogP contribution < -0.4 is 5.73 Å². The molecule has 0 fully saturated rings. The van der Waals surface area contributed by atoms with Gasteiger partial charge in [0.05, 0.1) is 13.2 Å². The van der Waals surface area contributed by atoms with Crippen LogP contribution in [0.3, 0.4) is 0 Å². The Balaban J connectivity index is 3.96. The maximum atomic E-state index is 12.7. The maximum Gasteiger partial charge on any atom is 0.472 e. The first kappa shape index (κ1) is 71.9. The number of hydrogen-bond donors (Lipinski definition) is 2. The predicted molar refractivity (Wildman–Crippen MR) is 321 cm³/mol. The molecule has 0 bridgehead atoms. The first-order chi connectivity index (χ1) is 36.8. The van der Waals surface area contributed by atoms with Crippen LogP contribution in [0.25, 0.3) is 0 Å². The van der Waals surface area contributed by atoms with Gasteiger partial charge in [-0.25, -0.2) is 4.57 Å². The minimum Gasteiger partial charge on any atom is -0.462 e. The lowest BCUT2D eigenvalue weighted by molar-refractivity contribution is -0.161. The molecule has 0 saturated heterocycles. The third-order valence-corrected chi connectivity index (χ3v) is 13.9. The number of unbranched alkanes of at least 4 members (excludes halogenated alkanes) is 28. The van der Waals surface area contributed by atoms with Crippen molar-refractivity contribution in [3.8, 4) is 0 Å². The van der Waals surface area contributed by atoms with Gasteiger partial charge in [-0.1, -0.05) is 259 Å². The summed E-state index contributed by atoms with van der Waals surface area (Å²) in [5, 5.41) is 0.